The molecule has 3 fully saturated rings. The summed E-state index contributed by atoms with van der Waals surface area (Å²) in [7, 11) is 0. The van der Waals surface area contributed by atoms with Crippen LogP contribution in [0.15, 0.2) is 18.2 Å². The number of amides is 3. The number of hydrogen-bond acceptors (Lipinski definition) is 5. The molecule has 3 heterocycles. The largest absolute Gasteiger partial charge is 0.322 e. The van der Waals surface area contributed by atoms with E-state index in [4.69, 9.17) is 0 Å². The third-order valence-corrected chi connectivity index (χ3v) is 7.00. The second kappa shape index (κ2) is 6.67. The summed E-state index contributed by atoms with van der Waals surface area (Å²) in [4.78, 5) is 37.9. The summed E-state index contributed by atoms with van der Waals surface area (Å²) in [5, 5.41) is 9.50. The number of imide groups is 1. The van der Waals surface area contributed by atoms with Crippen LogP contribution in [0.1, 0.15) is 53.6 Å². The van der Waals surface area contributed by atoms with E-state index >= 15 is 0 Å². The van der Waals surface area contributed by atoms with Crippen molar-refractivity contribution in [2.75, 3.05) is 13.1 Å². The van der Waals surface area contributed by atoms with E-state index in [-0.39, 0.29) is 24.1 Å². The number of carbonyl (C=O) groups excluding carboxylic acids is 3. The van der Waals surface area contributed by atoms with Crippen LogP contribution in [0.5, 0.6) is 0 Å². The lowest BCUT2D eigenvalue weighted by atomic mass is 9.77. The van der Waals surface area contributed by atoms with E-state index in [0.717, 1.165) is 25.2 Å². The van der Waals surface area contributed by atoms with Crippen LogP contribution >= 0.6 is 0 Å². The van der Waals surface area contributed by atoms with E-state index in [2.05, 4.69) is 22.0 Å². The Labute approximate surface area is 164 Å². The van der Waals surface area contributed by atoms with E-state index in [0.29, 0.717) is 30.0 Å². The molecule has 5 rings (SSSR count). The van der Waals surface area contributed by atoms with Crippen molar-refractivity contribution in [2.45, 2.75) is 57.3 Å². The lowest BCUT2D eigenvalue weighted by Gasteiger charge is -2.44. The van der Waals surface area contributed by atoms with Gasteiger partial charge in [-0.2, -0.15) is 0 Å². The normalized spacial score (nSPS) is 28.4. The smallest absolute Gasteiger partial charge is 0.255 e. The van der Waals surface area contributed by atoms with Crippen molar-refractivity contribution < 1.29 is 14.4 Å². The quantitative estimate of drug-likeness (QED) is 0.667. The average Bonchev–Trinajstić information content (AvgIpc) is 3.21. The van der Waals surface area contributed by atoms with Gasteiger partial charge in [-0.05, 0) is 36.5 Å². The number of nitrogens with one attached hydrogen (secondary N) is 3. The highest BCUT2D eigenvalue weighted by molar-refractivity contribution is 6.05. The molecule has 7 nitrogen and oxygen atoms in total. The maximum Gasteiger partial charge on any atom is 0.255 e. The highest BCUT2D eigenvalue weighted by Gasteiger charge is 2.47. The predicted octanol–water partition coefficient (Wildman–Crippen LogP) is 0.679. The Morgan fingerprint density at radius 1 is 1.18 bits per heavy atom. The van der Waals surface area contributed by atoms with E-state index in [1.165, 1.54) is 24.8 Å². The summed E-state index contributed by atoms with van der Waals surface area (Å²) in [6.45, 7) is 3.46. The standard InChI is InChI=1S/C21H26N4O3/c26-18-6-5-16(19(27)24-18)25-10-14-8-13(3-4-15(14)20(25)28)9-23-17-2-1-7-21(17)11-22-12-21/h3-4,8,16-17,22-23H,1-2,5-7,9-12H2,(H,24,26,27). The Kier molecular flexibility index (Phi) is 4.25. The number of piperidine rings is 1. The lowest BCUT2D eigenvalue weighted by Crippen LogP contribution is -2.60. The summed E-state index contributed by atoms with van der Waals surface area (Å²) in [5.41, 5.74) is 3.26. The third kappa shape index (κ3) is 2.84. The topological polar surface area (TPSA) is 90.5 Å². The first kappa shape index (κ1) is 17.8. The second-order valence-corrected chi connectivity index (χ2v) is 8.68. The SMILES string of the molecule is O=C1CCC(N2Cc3cc(CNC4CCCC45CNC5)ccc3C2=O)C(=O)N1. The molecule has 28 heavy (non-hydrogen) atoms. The average molecular weight is 382 g/mol. The molecule has 3 N–H and O–H groups in total. The molecule has 2 saturated heterocycles. The van der Waals surface area contributed by atoms with Gasteiger partial charge in [0.1, 0.15) is 6.04 Å². The Morgan fingerprint density at radius 2 is 2.04 bits per heavy atom. The van der Waals surface area contributed by atoms with Gasteiger partial charge in [-0.3, -0.25) is 19.7 Å². The van der Waals surface area contributed by atoms with Crippen molar-refractivity contribution in [1.29, 1.82) is 0 Å². The van der Waals surface area contributed by atoms with Crippen molar-refractivity contribution in [3.63, 3.8) is 0 Å². The molecule has 2 atom stereocenters. The van der Waals surface area contributed by atoms with Gasteiger partial charge in [-0.15, -0.1) is 0 Å². The fourth-order valence-corrected chi connectivity index (χ4v) is 5.31. The summed E-state index contributed by atoms with van der Waals surface area (Å²) in [5.74, 6) is -0.732. The summed E-state index contributed by atoms with van der Waals surface area (Å²) < 4.78 is 0. The summed E-state index contributed by atoms with van der Waals surface area (Å²) >= 11 is 0. The number of benzene rings is 1. The number of hydrogen-bond donors (Lipinski definition) is 3. The molecule has 1 aromatic rings. The fraction of sp³-hybridized carbons (Fsp3) is 0.571. The van der Waals surface area contributed by atoms with Crippen molar-refractivity contribution in [1.82, 2.24) is 20.9 Å². The zero-order valence-electron chi connectivity index (χ0n) is 15.9. The molecule has 4 aliphatic rings. The van der Waals surface area contributed by atoms with E-state index in [1.807, 2.05) is 12.1 Å². The predicted molar refractivity (Wildman–Crippen MR) is 102 cm³/mol. The molecule has 0 aromatic heterocycles. The van der Waals surface area contributed by atoms with E-state index < -0.39 is 6.04 Å². The monoisotopic (exact) mass is 382 g/mol. The van der Waals surface area contributed by atoms with Gasteiger partial charge in [-0.25, -0.2) is 0 Å². The van der Waals surface area contributed by atoms with Crippen LogP contribution in [-0.4, -0.2) is 47.8 Å². The number of nitrogens with zero attached hydrogens (tertiary/aromatic N) is 1. The Bertz CT molecular complexity index is 848. The zero-order valence-corrected chi connectivity index (χ0v) is 15.9. The molecule has 148 valence electrons. The van der Waals surface area contributed by atoms with E-state index in [9.17, 15) is 14.4 Å². The molecule has 7 heteroatoms. The first-order chi connectivity index (χ1) is 13.6. The van der Waals surface area contributed by atoms with Crippen molar-refractivity contribution in [3.8, 4) is 0 Å². The summed E-state index contributed by atoms with van der Waals surface area (Å²) in [6.07, 6.45) is 4.50. The second-order valence-electron chi connectivity index (χ2n) is 8.68. The molecule has 0 radical (unpaired) electrons. The Balaban J connectivity index is 1.27. The first-order valence-corrected chi connectivity index (χ1v) is 10.3. The zero-order chi connectivity index (χ0) is 19.3. The number of rotatable bonds is 4. The van der Waals surface area contributed by atoms with Crippen LogP contribution in [0, 0.1) is 5.41 Å². The molecule has 3 amide bonds. The van der Waals surface area contributed by atoms with Gasteiger partial charge in [0.15, 0.2) is 0 Å². The molecule has 2 unspecified atom stereocenters. The van der Waals surface area contributed by atoms with Crippen molar-refractivity contribution >= 4 is 17.7 Å². The van der Waals surface area contributed by atoms with Crippen molar-refractivity contribution in [2.24, 2.45) is 5.41 Å². The van der Waals surface area contributed by atoms with Crippen LogP contribution in [0.2, 0.25) is 0 Å². The summed E-state index contributed by atoms with van der Waals surface area (Å²) in [6, 6.07) is 5.99. The van der Waals surface area contributed by atoms with Crippen molar-refractivity contribution in [3.05, 3.63) is 34.9 Å². The maximum atomic E-state index is 12.8. The first-order valence-electron chi connectivity index (χ1n) is 10.3. The number of fused-ring (bicyclic) bond motifs is 1. The van der Waals surface area contributed by atoms with Crippen LogP contribution in [0.3, 0.4) is 0 Å². The van der Waals surface area contributed by atoms with Gasteiger partial charge in [0.2, 0.25) is 11.8 Å². The Morgan fingerprint density at radius 3 is 2.79 bits per heavy atom. The molecule has 1 saturated carbocycles. The van der Waals surface area contributed by atoms with Gasteiger partial charge in [0.05, 0.1) is 0 Å². The van der Waals surface area contributed by atoms with Gasteiger partial charge in [0.25, 0.3) is 5.91 Å². The minimum atomic E-state index is -0.552. The molecular weight excluding hydrogens is 356 g/mol. The van der Waals surface area contributed by atoms with Crippen LogP contribution < -0.4 is 16.0 Å². The molecule has 0 bridgehead atoms. The highest BCUT2D eigenvalue weighted by atomic mass is 16.2. The molecule has 1 spiro atoms. The molecule has 1 aromatic carbocycles. The van der Waals surface area contributed by atoms with Crippen LogP contribution in [-0.2, 0) is 22.7 Å². The van der Waals surface area contributed by atoms with Crippen LogP contribution in [0.4, 0.5) is 0 Å². The van der Waals surface area contributed by atoms with E-state index in [1.54, 1.807) is 4.90 Å². The molecular formula is C21H26N4O3. The minimum Gasteiger partial charge on any atom is -0.322 e. The third-order valence-electron chi connectivity index (χ3n) is 7.00. The lowest BCUT2D eigenvalue weighted by molar-refractivity contribution is -0.136. The number of carbonyl (C=O) groups is 3. The van der Waals surface area contributed by atoms with Gasteiger partial charge >= 0.3 is 0 Å². The maximum absolute atomic E-state index is 12.8. The molecule has 1 aliphatic carbocycles. The highest BCUT2D eigenvalue weighted by Crippen LogP contribution is 2.41. The fourth-order valence-electron chi connectivity index (χ4n) is 5.31. The van der Waals surface area contributed by atoms with Gasteiger partial charge in [-0.1, -0.05) is 18.6 Å². The van der Waals surface area contributed by atoms with Gasteiger partial charge in [0, 0.05) is 49.6 Å². The van der Waals surface area contributed by atoms with Crippen LogP contribution in [0.25, 0.3) is 0 Å². The molecule has 3 aliphatic heterocycles. The van der Waals surface area contributed by atoms with Gasteiger partial charge < -0.3 is 15.5 Å². The Hall–Kier alpha value is -2.25. The minimum absolute atomic E-state index is 0.112.